The summed E-state index contributed by atoms with van der Waals surface area (Å²) in [6.07, 6.45) is 0. The van der Waals surface area contributed by atoms with E-state index in [1.165, 1.54) is 6.07 Å². The maximum atomic E-state index is 13.3. The minimum Gasteiger partial charge on any atom is -0.454 e. The predicted molar refractivity (Wildman–Crippen MR) is 57.6 cm³/mol. The minimum atomic E-state index is -0.769. The maximum absolute atomic E-state index is 13.3. The maximum Gasteiger partial charge on any atom is 0.168 e. The van der Waals surface area contributed by atoms with E-state index in [1.807, 2.05) is 6.07 Å². The highest BCUT2D eigenvalue weighted by atomic mass is 19.1. The van der Waals surface area contributed by atoms with Gasteiger partial charge in [0.2, 0.25) is 0 Å². The van der Waals surface area contributed by atoms with E-state index in [0.717, 1.165) is 12.1 Å². The van der Waals surface area contributed by atoms with Gasteiger partial charge in [0.1, 0.15) is 11.6 Å². The summed E-state index contributed by atoms with van der Waals surface area (Å²) in [6, 6.07) is 11.2. The van der Waals surface area contributed by atoms with Gasteiger partial charge in [-0.1, -0.05) is 0 Å². The SMILES string of the molecule is N#Cc1ccc(Oc2ccc(F)cc2F)cc1. The van der Waals surface area contributed by atoms with Crippen LogP contribution in [0, 0.1) is 23.0 Å². The van der Waals surface area contributed by atoms with Gasteiger partial charge in [-0.2, -0.15) is 5.26 Å². The average Bonchev–Trinajstić information content (AvgIpc) is 2.34. The molecule has 0 spiro atoms. The Hall–Kier alpha value is -2.41. The third-order valence-electron chi connectivity index (χ3n) is 2.11. The van der Waals surface area contributed by atoms with E-state index < -0.39 is 11.6 Å². The van der Waals surface area contributed by atoms with E-state index in [2.05, 4.69) is 0 Å². The van der Waals surface area contributed by atoms with Crippen LogP contribution in [0.1, 0.15) is 5.56 Å². The van der Waals surface area contributed by atoms with Crippen molar-refractivity contribution in [3.63, 3.8) is 0 Å². The van der Waals surface area contributed by atoms with Gasteiger partial charge in [-0.3, -0.25) is 0 Å². The summed E-state index contributed by atoms with van der Waals surface area (Å²) in [6.45, 7) is 0. The fraction of sp³-hybridized carbons (Fsp3) is 0. The fourth-order valence-corrected chi connectivity index (χ4v) is 1.28. The van der Waals surface area contributed by atoms with Crippen molar-refractivity contribution in [1.29, 1.82) is 5.26 Å². The van der Waals surface area contributed by atoms with Crippen molar-refractivity contribution in [2.24, 2.45) is 0 Å². The second-order valence-electron chi connectivity index (χ2n) is 3.31. The van der Waals surface area contributed by atoms with Crippen molar-refractivity contribution in [2.75, 3.05) is 0 Å². The molecule has 0 radical (unpaired) electrons. The van der Waals surface area contributed by atoms with Crippen molar-refractivity contribution in [3.8, 4) is 17.6 Å². The van der Waals surface area contributed by atoms with Gasteiger partial charge >= 0.3 is 0 Å². The number of hydrogen-bond acceptors (Lipinski definition) is 2. The number of hydrogen-bond donors (Lipinski definition) is 0. The van der Waals surface area contributed by atoms with Gasteiger partial charge in [-0.15, -0.1) is 0 Å². The number of halogens is 2. The minimum absolute atomic E-state index is 0.0592. The van der Waals surface area contributed by atoms with Crippen molar-refractivity contribution in [3.05, 3.63) is 59.7 Å². The van der Waals surface area contributed by atoms with Crippen LogP contribution in [0.4, 0.5) is 8.78 Å². The molecule has 2 aromatic rings. The Bertz CT molecular complexity index is 573. The van der Waals surface area contributed by atoms with Gasteiger partial charge in [0, 0.05) is 6.07 Å². The van der Waals surface area contributed by atoms with Crippen LogP contribution in [0.25, 0.3) is 0 Å². The second kappa shape index (κ2) is 4.62. The van der Waals surface area contributed by atoms with Gasteiger partial charge in [0.05, 0.1) is 11.6 Å². The van der Waals surface area contributed by atoms with E-state index in [1.54, 1.807) is 24.3 Å². The molecule has 0 aliphatic heterocycles. The van der Waals surface area contributed by atoms with Crippen molar-refractivity contribution < 1.29 is 13.5 Å². The first-order chi connectivity index (χ1) is 8.19. The third-order valence-corrected chi connectivity index (χ3v) is 2.11. The quantitative estimate of drug-likeness (QED) is 0.790. The van der Waals surface area contributed by atoms with E-state index in [0.29, 0.717) is 11.3 Å². The molecule has 4 heteroatoms. The van der Waals surface area contributed by atoms with Crippen LogP contribution in [0.2, 0.25) is 0 Å². The molecule has 0 heterocycles. The average molecular weight is 231 g/mol. The van der Waals surface area contributed by atoms with E-state index >= 15 is 0 Å². The lowest BCUT2D eigenvalue weighted by atomic mass is 10.2. The van der Waals surface area contributed by atoms with Crippen LogP contribution in [0.15, 0.2) is 42.5 Å². The zero-order valence-electron chi connectivity index (χ0n) is 8.65. The van der Waals surface area contributed by atoms with E-state index in [9.17, 15) is 8.78 Å². The standard InChI is InChI=1S/C13H7F2NO/c14-10-3-6-13(12(15)7-10)17-11-4-1-9(8-16)2-5-11/h1-7H. The Balaban J connectivity index is 2.23. The molecule has 2 nitrogen and oxygen atoms in total. The number of benzene rings is 2. The predicted octanol–water partition coefficient (Wildman–Crippen LogP) is 3.63. The highest BCUT2D eigenvalue weighted by Gasteiger charge is 2.05. The van der Waals surface area contributed by atoms with Crippen LogP contribution < -0.4 is 4.74 Å². The fourth-order valence-electron chi connectivity index (χ4n) is 1.28. The van der Waals surface area contributed by atoms with E-state index in [4.69, 9.17) is 10.00 Å². The molecule has 0 saturated carbocycles. The number of nitrogens with zero attached hydrogens (tertiary/aromatic N) is 1. The van der Waals surface area contributed by atoms with Crippen LogP contribution in [-0.2, 0) is 0 Å². The lowest BCUT2D eigenvalue weighted by molar-refractivity contribution is 0.437. The van der Waals surface area contributed by atoms with Gasteiger partial charge in [-0.05, 0) is 36.4 Å². The molecule has 0 aromatic heterocycles. The zero-order chi connectivity index (χ0) is 12.3. The molecule has 0 aliphatic rings. The Morgan fingerprint density at radius 2 is 1.71 bits per heavy atom. The van der Waals surface area contributed by atoms with Gasteiger partial charge < -0.3 is 4.74 Å². The molecule has 2 rings (SSSR count). The van der Waals surface area contributed by atoms with Gasteiger partial charge in [0.25, 0.3) is 0 Å². The summed E-state index contributed by atoms with van der Waals surface area (Å²) in [5.74, 6) is -1.10. The summed E-state index contributed by atoms with van der Waals surface area (Å²) in [7, 11) is 0. The van der Waals surface area contributed by atoms with Gasteiger partial charge in [-0.25, -0.2) is 8.78 Å². The second-order valence-corrected chi connectivity index (χ2v) is 3.31. The summed E-state index contributed by atoms with van der Waals surface area (Å²) >= 11 is 0. The highest BCUT2D eigenvalue weighted by Crippen LogP contribution is 2.24. The normalized spacial score (nSPS) is 9.71. The Labute approximate surface area is 96.7 Å². The molecule has 0 N–H and O–H groups in total. The van der Waals surface area contributed by atoms with Crippen LogP contribution in [0.3, 0.4) is 0 Å². The number of rotatable bonds is 2. The van der Waals surface area contributed by atoms with Crippen molar-refractivity contribution >= 4 is 0 Å². The summed E-state index contributed by atoms with van der Waals surface area (Å²) in [5.41, 5.74) is 0.483. The molecule has 0 saturated heterocycles. The van der Waals surface area contributed by atoms with Crippen molar-refractivity contribution in [2.45, 2.75) is 0 Å². The van der Waals surface area contributed by atoms with E-state index in [-0.39, 0.29) is 5.75 Å². The molecule has 0 atom stereocenters. The topological polar surface area (TPSA) is 33.0 Å². The van der Waals surface area contributed by atoms with Crippen LogP contribution in [-0.4, -0.2) is 0 Å². The van der Waals surface area contributed by atoms with Crippen molar-refractivity contribution in [1.82, 2.24) is 0 Å². The first-order valence-electron chi connectivity index (χ1n) is 4.82. The third kappa shape index (κ3) is 2.58. The first kappa shape index (κ1) is 11.1. The summed E-state index contributed by atoms with van der Waals surface area (Å²) in [4.78, 5) is 0. The molecule has 84 valence electrons. The molecular weight excluding hydrogens is 224 g/mol. The Kier molecular flexibility index (Phi) is 3.01. The zero-order valence-corrected chi connectivity index (χ0v) is 8.65. The summed E-state index contributed by atoms with van der Waals surface area (Å²) < 4.78 is 31.1. The lowest BCUT2D eigenvalue weighted by Crippen LogP contribution is -1.89. The lowest BCUT2D eigenvalue weighted by Gasteiger charge is -2.06. The molecule has 2 aromatic carbocycles. The molecule has 0 fully saturated rings. The molecular formula is C13H7F2NO. The highest BCUT2D eigenvalue weighted by molar-refractivity contribution is 5.37. The molecule has 0 unspecified atom stereocenters. The smallest absolute Gasteiger partial charge is 0.168 e. The first-order valence-corrected chi connectivity index (χ1v) is 4.82. The molecule has 0 amide bonds. The number of ether oxygens (including phenoxy) is 1. The Morgan fingerprint density at radius 1 is 1.00 bits per heavy atom. The monoisotopic (exact) mass is 231 g/mol. The van der Waals surface area contributed by atoms with Crippen LogP contribution in [0.5, 0.6) is 11.5 Å². The van der Waals surface area contributed by atoms with Crippen LogP contribution >= 0.6 is 0 Å². The van der Waals surface area contributed by atoms with Gasteiger partial charge in [0.15, 0.2) is 11.6 Å². The summed E-state index contributed by atoms with van der Waals surface area (Å²) in [5, 5.41) is 8.60. The molecule has 17 heavy (non-hydrogen) atoms. The molecule has 0 bridgehead atoms. The largest absolute Gasteiger partial charge is 0.454 e. The number of nitriles is 1. The Morgan fingerprint density at radius 3 is 2.29 bits per heavy atom. The molecule has 0 aliphatic carbocycles.